The molecule has 1 saturated carbocycles. The summed E-state index contributed by atoms with van der Waals surface area (Å²) in [6, 6.07) is 5.20. The van der Waals surface area contributed by atoms with E-state index >= 15 is 0 Å². The van der Waals surface area contributed by atoms with Crippen molar-refractivity contribution in [3.63, 3.8) is 0 Å². The maximum Gasteiger partial charge on any atom is 0.250 e. The number of alkyl halides is 2. The maximum absolute atomic E-state index is 14.7. The molecule has 2 aromatic rings. The number of hydrogen-bond acceptors (Lipinski definition) is 5. The van der Waals surface area contributed by atoms with Gasteiger partial charge in [-0.3, -0.25) is 0 Å². The van der Waals surface area contributed by atoms with E-state index in [1.54, 1.807) is 12.1 Å². The minimum absolute atomic E-state index is 0.119. The lowest BCUT2D eigenvalue weighted by molar-refractivity contribution is -0.0543. The number of piperidine rings is 1. The molecular weight excluding hydrogens is 379 g/mol. The molecule has 4 rings (SSSR count). The fourth-order valence-corrected chi connectivity index (χ4v) is 3.72. The van der Waals surface area contributed by atoms with Gasteiger partial charge in [0.25, 0.3) is 5.92 Å². The van der Waals surface area contributed by atoms with E-state index in [0.29, 0.717) is 54.7 Å². The Balaban J connectivity index is 1.46. The number of anilines is 1. The van der Waals surface area contributed by atoms with Gasteiger partial charge in [-0.25, -0.2) is 23.1 Å². The Morgan fingerprint density at radius 2 is 1.97 bits per heavy atom. The fraction of sp³-hybridized carbons (Fsp3) is 0.476. The predicted octanol–water partition coefficient (Wildman–Crippen LogP) is 4.30. The molecule has 2 fully saturated rings. The number of rotatable bonds is 7. The van der Waals surface area contributed by atoms with Crippen LogP contribution in [0.2, 0.25) is 0 Å². The van der Waals surface area contributed by atoms with Gasteiger partial charge in [-0.15, -0.1) is 0 Å². The molecule has 8 heteroatoms. The zero-order valence-electron chi connectivity index (χ0n) is 16.1. The average molecular weight is 403 g/mol. The van der Waals surface area contributed by atoms with Crippen LogP contribution in [0.1, 0.15) is 42.7 Å². The van der Waals surface area contributed by atoms with Crippen LogP contribution in [0.3, 0.4) is 0 Å². The van der Waals surface area contributed by atoms with E-state index in [0.717, 1.165) is 24.6 Å². The third-order valence-corrected chi connectivity index (χ3v) is 5.63. The molecule has 2 heterocycles. The second-order valence-corrected chi connectivity index (χ2v) is 7.77. The molecule has 0 unspecified atom stereocenters. The zero-order valence-corrected chi connectivity index (χ0v) is 16.1. The van der Waals surface area contributed by atoms with Crippen LogP contribution in [-0.4, -0.2) is 53.2 Å². The van der Waals surface area contributed by atoms with Crippen LogP contribution in [0.15, 0.2) is 24.5 Å². The third-order valence-electron chi connectivity index (χ3n) is 5.63. The summed E-state index contributed by atoms with van der Waals surface area (Å²) < 4.78 is 41.2. The molecule has 0 bridgehead atoms. The first-order valence-electron chi connectivity index (χ1n) is 9.96. The highest BCUT2D eigenvalue weighted by Gasteiger charge is 2.33. The van der Waals surface area contributed by atoms with Crippen molar-refractivity contribution in [2.75, 3.05) is 31.5 Å². The Hall–Kier alpha value is -2.48. The van der Waals surface area contributed by atoms with Gasteiger partial charge in [-0.2, -0.15) is 0 Å². The smallest absolute Gasteiger partial charge is 0.250 e. The van der Waals surface area contributed by atoms with Crippen molar-refractivity contribution in [3.05, 3.63) is 41.5 Å². The molecular formula is C21H24F3N5. The van der Waals surface area contributed by atoms with Gasteiger partial charge < -0.3 is 15.6 Å². The summed E-state index contributed by atoms with van der Waals surface area (Å²) in [6.07, 6.45) is 4.42. The first-order valence-corrected chi connectivity index (χ1v) is 9.96. The molecule has 0 spiro atoms. The van der Waals surface area contributed by atoms with Crippen molar-refractivity contribution in [2.45, 2.75) is 37.5 Å². The molecule has 2 N–H and O–H groups in total. The van der Waals surface area contributed by atoms with Crippen molar-refractivity contribution in [1.82, 2.24) is 14.9 Å². The van der Waals surface area contributed by atoms with E-state index in [4.69, 9.17) is 5.41 Å². The fourth-order valence-electron chi connectivity index (χ4n) is 3.72. The van der Waals surface area contributed by atoms with Crippen LogP contribution in [0.25, 0.3) is 11.3 Å². The number of nitrogens with zero attached hydrogens (tertiary/aromatic N) is 3. The van der Waals surface area contributed by atoms with E-state index in [1.807, 2.05) is 11.0 Å². The highest BCUT2D eigenvalue weighted by Crippen LogP contribution is 2.41. The van der Waals surface area contributed by atoms with Gasteiger partial charge in [-0.05, 0) is 36.5 Å². The predicted molar refractivity (Wildman–Crippen MR) is 106 cm³/mol. The van der Waals surface area contributed by atoms with Crippen LogP contribution in [0.5, 0.6) is 0 Å². The van der Waals surface area contributed by atoms with E-state index in [-0.39, 0.29) is 18.7 Å². The lowest BCUT2D eigenvalue weighted by atomic mass is 10.0. The van der Waals surface area contributed by atoms with Crippen molar-refractivity contribution in [1.29, 1.82) is 5.41 Å². The van der Waals surface area contributed by atoms with Crippen LogP contribution < -0.4 is 5.32 Å². The molecule has 2 aliphatic rings. The summed E-state index contributed by atoms with van der Waals surface area (Å²) in [5.41, 5.74) is 2.13. The molecule has 0 radical (unpaired) electrons. The summed E-state index contributed by atoms with van der Waals surface area (Å²) >= 11 is 0. The Morgan fingerprint density at radius 3 is 2.62 bits per heavy atom. The minimum Gasteiger partial charge on any atom is -0.368 e. The lowest BCUT2D eigenvalue weighted by Gasteiger charge is -2.31. The number of nitrogens with one attached hydrogen (secondary N) is 2. The molecule has 0 amide bonds. The standard InChI is InChI=1S/C21H24F3N5/c22-18-11-15(14-1-2-14)3-4-16(18)19-17(12-25)20(28-13-27-19)26-7-10-29-8-5-21(23,24)6-9-29/h3-4,11-14,25H,1-2,5-10H2,(H,26,27,28). The second kappa shape index (κ2) is 8.10. The molecule has 1 aromatic heterocycles. The van der Waals surface area contributed by atoms with E-state index in [1.165, 1.54) is 6.33 Å². The number of benzene rings is 1. The van der Waals surface area contributed by atoms with E-state index in [2.05, 4.69) is 15.3 Å². The summed E-state index contributed by atoms with van der Waals surface area (Å²) in [4.78, 5) is 10.4. The normalized spacial score (nSPS) is 19.1. The van der Waals surface area contributed by atoms with Crippen molar-refractivity contribution in [3.8, 4) is 11.3 Å². The Kier molecular flexibility index (Phi) is 5.54. The molecule has 0 atom stereocenters. The van der Waals surface area contributed by atoms with Crippen molar-refractivity contribution >= 4 is 12.0 Å². The Labute approximate surface area is 167 Å². The molecule has 29 heavy (non-hydrogen) atoms. The summed E-state index contributed by atoms with van der Waals surface area (Å²) in [5.74, 6) is -2.01. The average Bonchev–Trinajstić information content (AvgIpc) is 3.54. The van der Waals surface area contributed by atoms with E-state index < -0.39 is 5.92 Å². The van der Waals surface area contributed by atoms with Crippen molar-refractivity contribution < 1.29 is 13.2 Å². The number of likely N-dealkylation sites (tertiary alicyclic amines) is 1. The number of halogens is 3. The molecule has 5 nitrogen and oxygen atoms in total. The largest absolute Gasteiger partial charge is 0.368 e. The molecule has 1 saturated heterocycles. The minimum atomic E-state index is -2.56. The molecule has 154 valence electrons. The lowest BCUT2D eigenvalue weighted by Crippen LogP contribution is -2.41. The second-order valence-electron chi connectivity index (χ2n) is 7.77. The zero-order chi connectivity index (χ0) is 20.4. The van der Waals surface area contributed by atoms with Crippen LogP contribution >= 0.6 is 0 Å². The summed E-state index contributed by atoms with van der Waals surface area (Å²) in [7, 11) is 0. The van der Waals surface area contributed by atoms with Crippen molar-refractivity contribution in [2.24, 2.45) is 0 Å². The first-order chi connectivity index (χ1) is 14.0. The Bertz CT molecular complexity index is 888. The van der Waals surface area contributed by atoms with Gasteiger partial charge in [0, 0.05) is 50.8 Å². The number of hydrogen-bond donors (Lipinski definition) is 2. The highest BCUT2D eigenvalue weighted by molar-refractivity contribution is 5.92. The maximum atomic E-state index is 14.7. The van der Waals surface area contributed by atoms with E-state index in [9.17, 15) is 13.2 Å². The quantitative estimate of drug-likeness (QED) is 0.677. The van der Waals surface area contributed by atoms with Crippen LogP contribution in [0, 0.1) is 11.2 Å². The Morgan fingerprint density at radius 1 is 1.21 bits per heavy atom. The first kappa shape index (κ1) is 19.8. The van der Waals surface area contributed by atoms with Gasteiger partial charge >= 0.3 is 0 Å². The number of aromatic nitrogens is 2. The third kappa shape index (κ3) is 4.58. The molecule has 1 aliphatic carbocycles. The SMILES string of the molecule is N=Cc1c(NCCN2CCC(F)(F)CC2)ncnc1-c1ccc(C2CC2)cc1F. The molecule has 1 aromatic carbocycles. The topological polar surface area (TPSA) is 64.9 Å². The summed E-state index contributed by atoms with van der Waals surface area (Å²) in [5, 5.41) is 10.9. The van der Waals surface area contributed by atoms with Crippen LogP contribution in [-0.2, 0) is 0 Å². The van der Waals surface area contributed by atoms with Gasteiger partial charge in [0.2, 0.25) is 0 Å². The highest BCUT2D eigenvalue weighted by atomic mass is 19.3. The van der Waals surface area contributed by atoms with Crippen LogP contribution in [0.4, 0.5) is 19.0 Å². The summed E-state index contributed by atoms with van der Waals surface area (Å²) in [6.45, 7) is 1.81. The van der Waals surface area contributed by atoms with Gasteiger partial charge in [-0.1, -0.05) is 6.07 Å². The van der Waals surface area contributed by atoms with Gasteiger partial charge in [0.05, 0.1) is 11.3 Å². The van der Waals surface area contributed by atoms with Gasteiger partial charge in [0.1, 0.15) is 18.0 Å². The van der Waals surface area contributed by atoms with Gasteiger partial charge in [0.15, 0.2) is 0 Å². The monoisotopic (exact) mass is 403 g/mol. The molecule has 1 aliphatic heterocycles.